The van der Waals surface area contributed by atoms with Gasteiger partial charge in [0.1, 0.15) is 5.82 Å². The van der Waals surface area contributed by atoms with Gasteiger partial charge in [-0.25, -0.2) is 4.39 Å². The van der Waals surface area contributed by atoms with Gasteiger partial charge in [0.25, 0.3) is 0 Å². The van der Waals surface area contributed by atoms with Crippen LogP contribution in [0, 0.1) is 5.82 Å². The highest BCUT2D eigenvalue weighted by Gasteiger charge is 2.25. The first-order chi connectivity index (χ1) is 12.1. The molecule has 5 heteroatoms. The van der Waals surface area contributed by atoms with Gasteiger partial charge in [-0.1, -0.05) is 41.1 Å². The summed E-state index contributed by atoms with van der Waals surface area (Å²) >= 11 is 3.32. The Hall–Kier alpha value is -1.69. The predicted octanol–water partition coefficient (Wildman–Crippen LogP) is 4.59. The fourth-order valence-electron chi connectivity index (χ4n) is 2.92. The third-order valence-corrected chi connectivity index (χ3v) is 4.27. The van der Waals surface area contributed by atoms with Crippen LogP contribution in [0.5, 0.6) is 0 Å². The van der Waals surface area contributed by atoms with Crippen molar-refractivity contribution in [3.8, 4) is 0 Å². The molecule has 0 saturated heterocycles. The quantitative estimate of drug-likeness (QED) is 0.672. The average Bonchev–Trinajstić information content (AvgIpc) is 2.96. The van der Waals surface area contributed by atoms with Crippen LogP contribution in [0.3, 0.4) is 0 Å². The molecule has 2 N–H and O–H groups in total. The van der Waals surface area contributed by atoms with Gasteiger partial charge in [0.15, 0.2) is 0 Å². The molecular weight excluding hydrogens is 383 g/mol. The number of likely N-dealkylation sites (N-methyl/N-ethyl adjacent to an activating group) is 1. The second-order valence-corrected chi connectivity index (χ2v) is 6.32. The first-order valence-corrected chi connectivity index (χ1v) is 9.26. The van der Waals surface area contributed by atoms with Crippen molar-refractivity contribution in [2.24, 2.45) is 0 Å². The molecule has 0 aliphatic carbocycles. The second kappa shape index (κ2) is 9.70. The van der Waals surface area contributed by atoms with Crippen molar-refractivity contribution in [3.05, 3.63) is 70.2 Å². The first kappa shape index (κ1) is 19.6. The van der Waals surface area contributed by atoms with Crippen LogP contribution in [-0.4, -0.2) is 29.4 Å². The number of nitrogens with one attached hydrogen (secondary N) is 1. The molecule has 1 aromatic carbocycles. The smallest absolute Gasteiger partial charge is 0.123 e. The molecule has 0 spiro atoms. The van der Waals surface area contributed by atoms with E-state index in [2.05, 4.69) is 34.2 Å². The molecule has 25 heavy (non-hydrogen) atoms. The molecule has 0 fully saturated rings. The lowest BCUT2D eigenvalue weighted by molar-refractivity contribution is 0.130. The summed E-state index contributed by atoms with van der Waals surface area (Å²) < 4.78 is 15.8. The summed E-state index contributed by atoms with van der Waals surface area (Å²) in [5, 5.41) is 13.7. The topological polar surface area (TPSA) is 37.2 Å². The van der Waals surface area contributed by atoms with E-state index in [1.165, 1.54) is 12.1 Å². The average molecular weight is 407 g/mol. The zero-order chi connectivity index (χ0) is 18.2. The van der Waals surface area contributed by atoms with Crippen molar-refractivity contribution in [1.82, 2.24) is 9.88 Å². The van der Waals surface area contributed by atoms with E-state index in [0.29, 0.717) is 6.54 Å². The molecule has 134 valence electrons. The number of aliphatic hydroxyl groups excluding tert-OH is 1. The molecule has 2 unspecified atom stereocenters. The van der Waals surface area contributed by atoms with Crippen LogP contribution >= 0.6 is 15.9 Å². The fraction of sp³-hybridized carbons (Fsp3) is 0.300. The van der Waals surface area contributed by atoms with Crippen molar-refractivity contribution in [3.63, 3.8) is 0 Å². The van der Waals surface area contributed by atoms with Gasteiger partial charge in [0, 0.05) is 24.0 Å². The third kappa shape index (κ3) is 4.91. The van der Waals surface area contributed by atoms with Crippen LogP contribution in [-0.2, 0) is 0 Å². The third-order valence-electron chi connectivity index (χ3n) is 4.01. The number of aromatic nitrogens is 1. The summed E-state index contributed by atoms with van der Waals surface area (Å²) in [6.07, 6.45) is 8.22. The Morgan fingerprint density at radius 2 is 2.12 bits per heavy atom. The monoisotopic (exact) mass is 406 g/mol. The predicted molar refractivity (Wildman–Crippen MR) is 106 cm³/mol. The summed E-state index contributed by atoms with van der Waals surface area (Å²) in [4.78, 5) is 1.80. The first-order valence-electron chi connectivity index (χ1n) is 8.34. The summed E-state index contributed by atoms with van der Waals surface area (Å²) in [5.74, 6) is -0.308. The normalized spacial score (nSPS) is 14.4. The number of rotatable bonds is 8. The summed E-state index contributed by atoms with van der Waals surface area (Å²) in [6.45, 7) is 2.48. The lowest BCUT2D eigenvalue weighted by Gasteiger charge is -2.27. The Morgan fingerprint density at radius 1 is 1.32 bits per heavy atom. The fourth-order valence-corrected chi connectivity index (χ4v) is 3.20. The minimum Gasteiger partial charge on any atom is -0.389 e. The standard InChI is InChI=1S/C20H24BrFN2O/c1-3-4-8-18-15(9-11-21)10-12-24(18)20(19(25)14-23-2)16-6-5-7-17(22)13-16/h4-13,19-20,23,25H,3,14H2,1-2H3/b8-4-,11-9+. The van der Waals surface area contributed by atoms with E-state index in [1.807, 2.05) is 35.0 Å². The van der Waals surface area contributed by atoms with Crippen molar-refractivity contribution >= 4 is 28.1 Å². The van der Waals surface area contributed by atoms with Crippen LogP contribution in [0.1, 0.15) is 36.2 Å². The van der Waals surface area contributed by atoms with Crippen molar-refractivity contribution in [2.45, 2.75) is 25.5 Å². The summed E-state index contributed by atoms with van der Waals surface area (Å²) in [7, 11) is 1.79. The number of hydrogen-bond donors (Lipinski definition) is 2. The molecule has 0 bridgehead atoms. The van der Waals surface area contributed by atoms with Crippen molar-refractivity contribution < 1.29 is 9.50 Å². The van der Waals surface area contributed by atoms with Crippen molar-refractivity contribution in [1.29, 1.82) is 0 Å². The number of aliphatic hydroxyl groups is 1. The van der Waals surface area contributed by atoms with E-state index in [4.69, 9.17) is 0 Å². The summed E-state index contributed by atoms with van der Waals surface area (Å²) in [5.41, 5.74) is 2.74. The Labute approximate surface area is 157 Å². The molecule has 0 amide bonds. The second-order valence-electron chi connectivity index (χ2n) is 5.79. The highest BCUT2D eigenvalue weighted by molar-refractivity contribution is 9.11. The molecule has 2 aromatic rings. The van der Waals surface area contributed by atoms with Gasteiger partial charge in [0.05, 0.1) is 12.1 Å². The number of benzene rings is 1. The van der Waals surface area contributed by atoms with E-state index >= 15 is 0 Å². The maximum absolute atomic E-state index is 13.8. The molecule has 0 aliphatic rings. The van der Waals surface area contributed by atoms with E-state index < -0.39 is 12.1 Å². The van der Waals surface area contributed by atoms with Gasteiger partial charge in [-0.3, -0.25) is 0 Å². The van der Waals surface area contributed by atoms with E-state index in [0.717, 1.165) is 23.2 Å². The Kier molecular flexibility index (Phi) is 7.62. The van der Waals surface area contributed by atoms with Gasteiger partial charge < -0.3 is 15.0 Å². The molecule has 1 heterocycles. The zero-order valence-electron chi connectivity index (χ0n) is 14.5. The highest BCUT2D eigenvalue weighted by Crippen LogP contribution is 2.28. The molecular formula is C20H24BrFN2O. The lowest BCUT2D eigenvalue weighted by Crippen LogP contribution is -2.33. The number of nitrogens with zero attached hydrogens (tertiary/aromatic N) is 1. The number of hydrogen-bond acceptors (Lipinski definition) is 2. The van der Waals surface area contributed by atoms with Crippen LogP contribution < -0.4 is 5.32 Å². The maximum atomic E-state index is 13.8. The van der Waals surface area contributed by atoms with Crippen LogP contribution in [0.15, 0.2) is 47.6 Å². The van der Waals surface area contributed by atoms with Gasteiger partial charge in [-0.05, 0) is 54.4 Å². The lowest BCUT2D eigenvalue weighted by atomic mass is 10.00. The van der Waals surface area contributed by atoms with Gasteiger partial charge in [-0.15, -0.1) is 0 Å². The van der Waals surface area contributed by atoms with Gasteiger partial charge in [-0.2, -0.15) is 0 Å². The molecule has 0 radical (unpaired) electrons. The molecule has 0 saturated carbocycles. The molecule has 2 atom stereocenters. The van der Waals surface area contributed by atoms with E-state index in [-0.39, 0.29) is 5.82 Å². The van der Waals surface area contributed by atoms with Crippen LogP contribution in [0.25, 0.3) is 12.2 Å². The highest BCUT2D eigenvalue weighted by atomic mass is 79.9. The Balaban J connectivity index is 2.59. The van der Waals surface area contributed by atoms with Gasteiger partial charge >= 0.3 is 0 Å². The Morgan fingerprint density at radius 3 is 2.76 bits per heavy atom. The van der Waals surface area contributed by atoms with Crippen LogP contribution in [0.4, 0.5) is 4.39 Å². The minimum absolute atomic E-state index is 0.308. The minimum atomic E-state index is -0.700. The Bertz CT molecular complexity index is 739. The maximum Gasteiger partial charge on any atom is 0.123 e. The number of halogens is 2. The number of allylic oxidation sites excluding steroid dienone is 1. The van der Waals surface area contributed by atoms with E-state index in [1.54, 1.807) is 18.1 Å². The molecule has 3 nitrogen and oxygen atoms in total. The zero-order valence-corrected chi connectivity index (χ0v) is 16.1. The van der Waals surface area contributed by atoms with Crippen molar-refractivity contribution in [2.75, 3.05) is 13.6 Å². The largest absolute Gasteiger partial charge is 0.389 e. The molecule has 0 aliphatic heterocycles. The summed E-state index contributed by atoms with van der Waals surface area (Å²) in [6, 6.07) is 8.02. The van der Waals surface area contributed by atoms with Gasteiger partial charge in [0.2, 0.25) is 0 Å². The van der Waals surface area contributed by atoms with Crippen LogP contribution in [0.2, 0.25) is 0 Å². The molecule has 2 rings (SSSR count). The SMILES string of the molecule is CC/C=C\c1c(/C=C/Br)ccn1C(c1cccc(F)c1)C(O)CNC. The molecule has 1 aromatic heterocycles. The van der Waals surface area contributed by atoms with E-state index in [9.17, 15) is 9.50 Å².